The number of hydrogen-bond acceptors (Lipinski definition) is 4. The first-order valence-corrected chi connectivity index (χ1v) is 8.78. The van der Waals surface area contributed by atoms with Gasteiger partial charge in [0, 0.05) is 16.8 Å². The Morgan fingerprint density at radius 1 is 1.07 bits per heavy atom. The molecule has 6 nitrogen and oxygen atoms in total. The Labute approximate surface area is 162 Å². The van der Waals surface area contributed by atoms with Crippen LogP contribution in [0.4, 0.5) is 5.69 Å². The van der Waals surface area contributed by atoms with E-state index in [2.05, 4.69) is 5.32 Å². The number of benzene rings is 2. The average molecular weight is 379 g/mol. The minimum Gasteiger partial charge on any atom is -0.489 e. The summed E-state index contributed by atoms with van der Waals surface area (Å²) in [5.74, 6) is -0.358. The summed E-state index contributed by atoms with van der Waals surface area (Å²) in [6.07, 6.45) is 0. The van der Waals surface area contributed by atoms with Gasteiger partial charge in [0.2, 0.25) is 5.76 Å². The van der Waals surface area contributed by atoms with Crippen molar-refractivity contribution in [3.63, 3.8) is 0 Å². The summed E-state index contributed by atoms with van der Waals surface area (Å²) in [5, 5.41) is 11.9. The molecule has 0 bridgehead atoms. The van der Waals surface area contributed by atoms with Crippen LogP contribution in [0.15, 0.2) is 52.9 Å². The zero-order valence-electron chi connectivity index (χ0n) is 15.9. The third-order valence-corrected chi connectivity index (χ3v) is 4.60. The monoisotopic (exact) mass is 379 g/mol. The van der Waals surface area contributed by atoms with Gasteiger partial charge in [-0.05, 0) is 68.3 Å². The molecule has 1 heterocycles. The number of carboxylic acid groups (broad SMARTS) is 1. The largest absolute Gasteiger partial charge is 0.489 e. The lowest BCUT2D eigenvalue weighted by Gasteiger charge is -2.11. The van der Waals surface area contributed by atoms with Gasteiger partial charge in [-0.3, -0.25) is 4.79 Å². The Balaban J connectivity index is 1.64. The van der Waals surface area contributed by atoms with Gasteiger partial charge in [-0.15, -0.1) is 0 Å². The molecule has 6 heteroatoms. The number of nitrogens with one attached hydrogen (secondary N) is 1. The Hall–Kier alpha value is -3.54. The predicted octanol–water partition coefficient (Wildman–Crippen LogP) is 4.73. The third kappa shape index (κ3) is 4.23. The molecule has 144 valence electrons. The van der Waals surface area contributed by atoms with E-state index >= 15 is 0 Å². The molecular formula is C22H21NO5. The number of hydrogen-bond donors (Lipinski definition) is 2. The highest BCUT2D eigenvalue weighted by Crippen LogP contribution is 2.21. The van der Waals surface area contributed by atoms with Gasteiger partial charge in [-0.1, -0.05) is 12.1 Å². The van der Waals surface area contributed by atoms with Crippen LogP contribution in [0, 0.1) is 20.8 Å². The number of carboxylic acids is 1. The van der Waals surface area contributed by atoms with Crippen molar-refractivity contribution in [3.8, 4) is 5.75 Å². The number of carbonyl (C=O) groups is 2. The van der Waals surface area contributed by atoms with Gasteiger partial charge >= 0.3 is 5.97 Å². The summed E-state index contributed by atoms with van der Waals surface area (Å²) >= 11 is 0. The molecule has 0 saturated carbocycles. The number of rotatable bonds is 6. The number of aromatic carboxylic acids is 1. The second kappa shape index (κ2) is 8.00. The molecular weight excluding hydrogens is 358 g/mol. The molecule has 0 fully saturated rings. The van der Waals surface area contributed by atoms with E-state index in [9.17, 15) is 9.59 Å². The zero-order chi connectivity index (χ0) is 20.3. The molecule has 0 aliphatic carbocycles. The van der Waals surface area contributed by atoms with Crippen molar-refractivity contribution < 1.29 is 23.8 Å². The van der Waals surface area contributed by atoms with Crippen LogP contribution < -0.4 is 10.1 Å². The number of anilines is 1. The van der Waals surface area contributed by atoms with Crippen LogP contribution in [-0.2, 0) is 6.61 Å². The van der Waals surface area contributed by atoms with Crippen LogP contribution in [0.3, 0.4) is 0 Å². The number of ether oxygens (including phenoxy) is 1. The van der Waals surface area contributed by atoms with Crippen molar-refractivity contribution in [2.24, 2.45) is 0 Å². The van der Waals surface area contributed by atoms with E-state index in [4.69, 9.17) is 14.3 Å². The van der Waals surface area contributed by atoms with E-state index in [1.54, 1.807) is 31.2 Å². The number of amides is 1. The van der Waals surface area contributed by atoms with Crippen LogP contribution in [0.2, 0.25) is 0 Å². The van der Waals surface area contributed by atoms with Gasteiger partial charge in [0.25, 0.3) is 5.91 Å². The van der Waals surface area contributed by atoms with Crippen molar-refractivity contribution >= 4 is 17.6 Å². The second-order valence-corrected chi connectivity index (χ2v) is 6.51. The Morgan fingerprint density at radius 3 is 2.43 bits per heavy atom. The Kier molecular flexibility index (Phi) is 5.49. The van der Waals surface area contributed by atoms with Crippen molar-refractivity contribution in [3.05, 3.63) is 82.3 Å². The van der Waals surface area contributed by atoms with Crippen LogP contribution in [0.1, 0.15) is 43.4 Å². The molecule has 0 spiro atoms. The summed E-state index contributed by atoms with van der Waals surface area (Å²) < 4.78 is 10.8. The molecule has 3 rings (SSSR count). The summed E-state index contributed by atoms with van der Waals surface area (Å²) in [4.78, 5) is 23.4. The van der Waals surface area contributed by atoms with Gasteiger partial charge in [-0.2, -0.15) is 0 Å². The van der Waals surface area contributed by atoms with Gasteiger partial charge in [0.1, 0.15) is 18.1 Å². The van der Waals surface area contributed by atoms with E-state index in [1.165, 1.54) is 6.07 Å². The first-order chi connectivity index (χ1) is 13.3. The summed E-state index contributed by atoms with van der Waals surface area (Å²) in [5.41, 5.74) is 4.11. The standard InChI is InChI=1S/C22H21NO5/c1-13-5-4-6-19(14(13)2)23-21(24)16-7-9-18(10-8-16)27-12-17-11-20(22(25)26)28-15(17)3/h4-11H,12H2,1-3H3,(H,23,24)(H,25,26). The smallest absolute Gasteiger partial charge is 0.371 e. The van der Waals surface area contributed by atoms with Crippen LogP contribution >= 0.6 is 0 Å². The zero-order valence-corrected chi connectivity index (χ0v) is 15.9. The average Bonchev–Trinajstić information content (AvgIpc) is 3.05. The molecule has 2 aromatic carbocycles. The topological polar surface area (TPSA) is 88.8 Å². The number of carbonyl (C=O) groups excluding carboxylic acids is 1. The fraction of sp³-hybridized carbons (Fsp3) is 0.182. The van der Waals surface area contributed by atoms with Gasteiger partial charge in [0.05, 0.1) is 0 Å². The van der Waals surface area contributed by atoms with Crippen molar-refractivity contribution in [1.82, 2.24) is 0 Å². The maximum Gasteiger partial charge on any atom is 0.371 e. The molecule has 0 aliphatic rings. The Bertz CT molecular complexity index is 1020. The quantitative estimate of drug-likeness (QED) is 0.646. The second-order valence-electron chi connectivity index (χ2n) is 6.51. The SMILES string of the molecule is Cc1cccc(NC(=O)c2ccc(OCc3cc(C(=O)O)oc3C)cc2)c1C. The molecule has 3 aromatic rings. The van der Waals surface area contributed by atoms with Crippen LogP contribution in [0.25, 0.3) is 0 Å². The highest BCUT2D eigenvalue weighted by atomic mass is 16.5. The molecule has 1 amide bonds. The summed E-state index contributed by atoms with van der Waals surface area (Å²) in [7, 11) is 0. The van der Waals surface area contributed by atoms with E-state index in [-0.39, 0.29) is 18.3 Å². The van der Waals surface area contributed by atoms with Crippen molar-refractivity contribution in [2.45, 2.75) is 27.4 Å². The first kappa shape index (κ1) is 19.2. The molecule has 0 unspecified atom stereocenters. The van der Waals surface area contributed by atoms with E-state index in [0.717, 1.165) is 16.8 Å². The van der Waals surface area contributed by atoms with E-state index < -0.39 is 5.97 Å². The van der Waals surface area contributed by atoms with Crippen LogP contribution in [-0.4, -0.2) is 17.0 Å². The molecule has 0 aliphatic heterocycles. The number of furan rings is 1. The molecule has 0 radical (unpaired) electrons. The van der Waals surface area contributed by atoms with Crippen molar-refractivity contribution in [1.29, 1.82) is 0 Å². The van der Waals surface area contributed by atoms with Gasteiger partial charge in [0.15, 0.2) is 0 Å². The van der Waals surface area contributed by atoms with Gasteiger partial charge in [-0.25, -0.2) is 4.79 Å². The van der Waals surface area contributed by atoms with Crippen molar-refractivity contribution in [2.75, 3.05) is 5.32 Å². The summed E-state index contributed by atoms with van der Waals surface area (Å²) in [6, 6.07) is 14.0. The molecule has 0 atom stereocenters. The lowest BCUT2D eigenvalue weighted by Crippen LogP contribution is -2.13. The highest BCUT2D eigenvalue weighted by Gasteiger charge is 2.14. The van der Waals surface area contributed by atoms with E-state index in [0.29, 0.717) is 22.6 Å². The maximum atomic E-state index is 12.5. The molecule has 1 aromatic heterocycles. The Morgan fingerprint density at radius 2 is 1.79 bits per heavy atom. The number of aryl methyl sites for hydroxylation is 2. The summed E-state index contributed by atoms with van der Waals surface area (Å²) in [6.45, 7) is 5.83. The molecule has 2 N–H and O–H groups in total. The first-order valence-electron chi connectivity index (χ1n) is 8.78. The third-order valence-electron chi connectivity index (χ3n) is 4.60. The minimum atomic E-state index is -1.12. The maximum absolute atomic E-state index is 12.5. The lowest BCUT2D eigenvalue weighted by molar-refractivity contribution is 0.0660. The fourth-order valence-corrected chi connectivity index (χ4v) is 2.71. The van der Waals surface area contributed by atoms with Crippen LogP contribution in [0.5, 0.6) is 5.75 Å². The molecule has 28 heavy (non-hydrogen) atoms. The van der Waals surface area contributed by atoms with E-state index in [1.807, 2.05) is 32.0 Å². The predicted molar refractivity (Wildman–Crippen MR) is 105 cm³/mol. The van der Waals surface area contributed by atoms with Gasteiger partial charge < -0.3 is 19.6 Å². The normalized spacial score (nSPS) is 10.5. The fourth-order valence-electron chi connectivity index (χ4n) is 2.71. The minimum absolute atomic E-state index is 0.116. The highest BCUT2D eigenvalue weighted by molar-refractivity contribution is 6.04. The lowest BCUT2D eigenvalue weighted by atomic mass is 10.1. The molecule has 0 saturated heterocycles.